The second kappa shape index (κ2) is 21.3. The van der Waals surface area contributed by atoms with Crippen molar-refractivity contribution in [3.8, 4) is 11.5 Å². The highest BCUT2D eigenvalue weighted by Crippen LogP contribution is 2.30. The molecule has 0 amide bonds. The van der Waals surface area contributed by atoms with E-state index in [2.05, 4.69) is 54.5 Å². The van der Waals surface area contributed by atoms with Gasteiger partial charge in [0.25, 0.3) is 0 Å². The third-order valence-electron chi connectivity index (χ3n) is 4.01. The van der Waals surface area contributed by atoms with Crippen molar-refractivity contribution in [3.63, 3.8) is 0 Å². The van der Waals surface area contributed by atoms with Gasteiger partial charge in [0.1, 0.15) is 22.7 Å². The number of hydrogen-bond acceptors (Lipinski definition) is 4. The van der Waals surface area contributed by atoms with Crippen molar-refractivity contribution < 1.29 is 19.3 Å². The van der Waals surface area contributed by atoms with Gasteiger partial charge in [-0.3, -0.25) is 0 Å². The molecule has 0 saturated heterocycles. The first kappa shape index (κ1) is 36.3. The monoisotopic (exact) mass is 470 g/mol. The molecule has 198 valence electrons. The zero-order valence-electron chi connectivity index (χ0n) is 24.4. The molecule has 0 bridgehead atoms. The van der Waals surface area contributed by atoms with E-state index in [9.17, 15) is 5.11 Å². The van der Waals surface area contributed by atoms with Crippen LogP contribution in [0.25, 0.3) is 0 Å². The lowest BCUT2D eigenvalue weighted by Crippen LogP contribution is -2.31. The zero-order valence-corrected chi connectivity index (χ0v) is 24.4. The average Bonchev–Trinajstić information content (AvgIpc) is 2.69. The van der Waals surface area contributed by atoms with Crippen LogP contribution in [0.3, 0.4) is 0 Å². The first-order valence-corrected chi connectivity index (χ1v) is 13.1. The highest BCUT2D eigenvalue weighted by molar-refractivity contribution is 5.39. The van der Waals surface area contributed by atoms with Gasteiger partial charge in [-0.2, -0.15) is 0 Å². The van der Waals surface area contributed by atoms with E-state index in [-0.39, 0.29) is 18.3 Å². The maximum Gasteiger partial charge on any atom is 0.124 e. The van der Waals surface area contributed by atoms with Gasteiger partial charge in [0.15, 0.2) is 0 Å². The molecule has 0 fully saturated rings. The van der Waals surface area contributed by atoms with Gasteiger partial charge < -0.3 is 19.3 Å². The summed E-state index contributed by atoms with van der Waals surface area (Å²) in [5.74, 6) is 1.59. The Kier molecular flexibility index (Phi) is 23.4. The molecule has 1 aromatic rings. The first-order valence-electron chi connectivity index (χ1n) is 13.1. The molecule has 0 heterocycles. The van der Waals surface area contributed by atoms with Crippen LogP contribution in [-0.4, -0.2) is 35.6 Å². The first-order chi connectivity index (χ1) is 15.4. The predicted molar refractivity (Wildman–Crippen MR) is 146 cm³/mol. The lowest BCUT2D eigenvalue weighted by Gasteiger charge is -2.29. The second-order valence-corrected chi connectivity index (χ2v) is 9.45. The van der Waals surface area contributed by atoms with E-state index in [1.807, 2.05) is 53.7 Å². The number of benzene rings is 1. The SMILES string of the molecule is CC.CCC.CCC.CCc1cc(OC(C)(C)CCO)cc(OC(C)(C)CCOC(C)C)c1. The Morgan fingerprint density at radius 1 is 0.758 bits per heavy atom. The fraction of sp³-hybridized carbons (Fsp3) is 0.793. The number of aryl methyl sites for hydroxylation is 1. The molecule has 1 N–H and O–H groups in total. The Morgan fingerprint density at radius 2 is 1.15 bits per heavy atom. The Bertz CT molecular complexity index is 549. The molecule has 0 atom stereocenters. The number of aliphatic hydroxyl groups excluding tert-OH is 1. The molecule has 4 heteroatoms. The van der Waals surface area contributed by atoms with Crippen LogP contribution in [0.15, 0.2) is 18.2 Å². The van der Waals surface area contributed by atoms with Gasteiger partial charge in [0.2, 0.25) is 0 Å². The lowest BCUT2D eigenvalue weighted by atomic mass is 10.0. The molecule has 0 spiro atoms. The molecule has 0 unspecified atom stereocenters. The Morgan fingerprint density at radius 3 is 1.48 bits per heavy atom. The molecule has 1 aromatic carbocycles. The summed E-state index contributed by atoms with van der Waals surface area (Å²) in [5.41, 5.74) is 0.430. The van der Waals surface area contributed by atoms with Crippen molar-refractivity contribution in [2.24, 2.45) is 0 Å². The van der Waals surface area contributed by atoms with Crippen LogP contribution in [0.5, 0.6) is 11.5 Å². The van der Waals surface area contributed by atoms with Gasteiger partial charge >= 0.3 is 0 Å². The van der Waals surface area contributed by atoms with Gasteiger partial charge in [-0.05, 0) is 65.7 Å². The normalized spacial score (nSPS) is 10.8. The number of hydrogen-bond donors (Lipinski definition) is 1. The zero-order chi connectivity index (χ0) is 26.5. The number of ether oxygens (including phenoxy) is 3. The molecule has 33 heavy (non-hydrogen) atoms. The van der Waals surface area contributed by atoms with E-state index in [1.165, 1.54) is 18.4 Å². The second-order valence-electron chi connectivity index (χ2n) is 9.45. The lowest BCUT2D eigenvalue weighted by molar-refractivity contribution is 0.0227. The average molecular weight is 471 g/mol. The van der Waals surface area contributed by atoms with Gasteiger partial charge in [-0.1, -0.05) is 61.3 Å². The van der Waals surface area contributed by atoms with Crippen molar-refractivity contribution in [3.05, 3.63) is 23.8 Å². The van der Waals surface area contributed by atoms with Crippen LogP contribution < -0.4 is 9.47 Å². The summed E-state index contributed by atoms with van der Waals surface area (Å²) >= 11 is 0. The summed E-state index contributed by atoms with van der Waals surface area (Å²) in [7, 11) is 0. The molecular formula is C29H58O4. The Hall–Kier alpha value is -1.26. The fourth-order valence-electron chi connectivity index (χ4n) is 2.50. The maximum absolute atomic E-state index is 9.19. The highest BCUT2D eigenvalue weighted by atomic mass is 16.5. The van der Waals surface area contributed by atoms with Crippen molar-refractivity contribution in [2.45, 2.75) is 139 Å². The summed E-state index contributed by atoms with van der Waals surface area (Å²) in [6.07, 6.45) is 5.03. The van der Waals surface area contributed by atoms with Gasteiger partial charge in [0, 0.05) is 25.5 Å². The fourth-order valence-corrected chi connectivity index (χ4v) is 2.50. The maximum atomic E-state index is 9.19. The summed E-state index contributed by atoms with van der Waals surface area (Å²) in [6.45, 7) is 27.6. The van der Waals surface area contributed by atoms with Gasteiger partial charge in [0.05, 0.1) is 12.7 Å². The van der Waals surface area contributed by atoms with E-state index in [0.717, 1.165) is 24.3 Å². The summed E-state index contributed by atoms with van der Waals surface area (Å²) in [4.78, 5) is 0. The van der Waals surface area contributed by atoms with Crippen LogP contribution in [0.4, 0.5) is 0 Å². The Labute approximate surface area is 207 Å². The highest BCUT2D eigenvalue weighted by Gasteiger charge is 2.23. The smallest absolute Gasteiger partial charge is 0.124 e. The molecule has 0 aliphatic heterocycles. The Balaban J connectivity index is -0.000000987. The van der Waals surface area contributed by atoms with Crippen LogP contribution >= 0.6 is 0 Å². The minimum absolute atomic E-state index is 0.104. The molecular weight excluding hydrogens is 412 g/mol. The van der Waals surface area contributed by atoms with Crippen molar-refractivity contribution >= 4 is 0 Å². The predicted octanol–water partition coefficient (Wildman–Crippen LogP) is 8.62. The van der Waals surface area contributed by atoms with Crippen LogP contribution in [-0.2, 0) is 11.2 Å². The van der Waals surface area contributed by atoms with Crippen LogP contribution in [0, 0.1) is 0 Å². The van der Waals surface area contributed by atoms with Crippen LogP contribution in [0.1, 0.15) is 121 Å². The molecule has 1 rings (SSSR count). The van der Waals surface area contributed by atoms with Gasteiger partial charge in [-0.25, -0.2) is 0 Å². The summed E-state index contributed by atoms with van der Waals surface area (Å²) in [6, 6.07) is 6.04. The van der Waals surface area contributed by atoms with E-state index in [4.69, 9.17) is 14.2 Å². The van der Waals surface area contributed by atoms with Crippen LogP contribution in [0.2, 0.25) is 0 Å². The molecule has 0 aliphatic rings. The third-order valence-corrected chi connectivity index (χ3v) is 4.01. The quantitative estimate of drug-likeness (QED) is 0.351. The summed E-state index contributed by atoms with van der Waals surface area (Å²) < 4.78 is 18.0. The molecule has 4 nitrogen and oxygen atoms in total. The molecule has 0 aliphatic carbocycles. The minimum Gasteiger partial charge on any atom is -0.488 e. The van der Waals surface area contributed by atoms with Crippen molar-refractivity contribution in [1.82, 2.24) is 0 Å². The summed E-state index contributed by atoms with van der Waals surface area (Å²) in [5, 5.41) is 9.19. The van der Waals surface area contributed by atoms with E-state index in [1.54, 1.807) is 0 Å². The molecule has 0 saturated carbocycles. The van der Waals surface area contributed by atoms with Crippen molar-refractivity contribution in [1.29, 1.82) is 0 Å². The van der Waals surface area contributed by atoms with E-state index < -0.39 is 5.60 Å². The number of aliphatic hydroxyl groups is 1. The molecule has 0 aromatic heterocycles. The third kappa shape index (κ3) is 22.3. The molecule has 0 radical (unpaired) electrons. The van der Waals surface area contributed by atoms with Crippen molar-refractivity contribution in [2.75, 3.05) is 13.2 Å². The number of rotatable bonds is 11. The topological polar surface area (TPSA) is 47.9 Å². The van der Waals surface area contributed by atoms with E-state index in [0.29, 0.717) is 13.0 Å². The van der Waals surface area contributed by atoms with E-state index >= 15 is 0 Å². The van der Waals surface area contributed by atoms with Gasteiger partial charge in [-0.15, -0.1) is 0 Å². The minimum atomic E-state index is -0.418. The largest absolute Gasteiger partial charge is 0.488 e. The standard InChI is InChI=1S/C21H36O4.2C3H8.C2H6/c1-8-17-13-18(24-20(4,5)9-11-22)15-19(14-17)25-21(6,7)10-12-23-16(2)3;2*1-3-2;1-2/h13-16,22H,8-12H2,1-7H3;2*3H2,1-2H3;1-2H3.